The summed E-state index contributed by atoms with van der Waals surface area (Å²) in [6, 6.07) is 6.98. The van der Waals surface area contributed by atoms with Crippen LogP contribution in [-0.2, 0) is 11.3 Å². The second-order valence-corrected chi connectivity index (χ2v) is 5.01. The van der Waals surface area contributed by atoms with Gasteiger partial charge < -0.3 is 4.74 Å². The van der Waals surface area contributed by atoms with Crippen molar-refractivity contribution in [2.45, 2.75) is 20.4 Å². The molecule has 1 aromatic rings. The van der Waals surface area contributed by atoms with E-state index in [0.717, 1.165) is 16.9 Å². The van der Waals surface area contributed by atoms with Crippen LogP contribution in [-0.4, -0.2) is 35.4 Å². The highest BCUT2D eigenvalue weighted by atomic mass is 16.5. The van der Waals surface area contributed by atoms with Gasteiger partial charge in [-0.15, -0.1) is 5.73 Å². The molecule has 5 nitrogen and oxygen atoms in total. The normalized spacial score (nSPS) is 14.2. The first-order valence-electron chi connectivity index (χ1n) is 6.65. The maximum atomic E-state index is 12.2. The highest BCUT2D eigenvalue weighted by Gasteiger charge is 2.34. The van der Waals surface area contributed by atoms with Crippen molar-refractivity contribution in [3.05, 3.63) is 47.3 Å². The van der Waals surface area contributed by atoms with Crippen molar-refractivity contribution in [3.63, 3.8) is 0 Å². The second kappa shape index (κ2) is 6.29. The van der Waals surface area contributed by atoms with E-state index in [2.05, 4.69) is 5.73 Å². The Labute approximate surface area is 124 Å². The van der Waals surface area contributed by atoms with Gasteiger partial charge in [-0.1, -0.05) is 12.1 Å². The number of rotatable bonds is 4. The number of methoxy groups -OCH3 is 1. The average Bonchev–Trinajstić information content (AvgIpc) is 2.73. The van der Waals surface area contributed by atoms with Crippen LogP contribution in [0.4, 0.5) is 4.79 Å². The molecule has 0 atom stereocenters. The summed E-state index contributed by atoms with van der Waals surface area (Å²) < 4.78 is 5.08. The molecule has 0 aromatic heterocycles. The number of amides is 3. The number of hydrogen-bond acceptors (Lipinski definition) is 3. The Morgan fingerprint density at radius 2 is 1.95 bits per heavy atom. The smallest absolute Gasteiger partial charge is 0.332 e. The van der Waals surface area contributed by atoms with Gasteiger partial charge in [0.1, 0.15) is 12.3 Å². The van der Waals surface area contributed by atoms with E-state index in [4.69, 9.17) is 4.74 Å². The van der Waals surface area contributed by atoms with Crippen LogP contribution in [0.3, 0.4) is 0 Å². The van der Waals surface area contributed by atoms with Gasteiger partial charge in [0.15, 0.2) is 0 Å². The Bertz CT molecular complexity index is 609. The zero-order valence-corrected chi connectivity index (χ0v) is 12.4. The van der Waals surface area contributed by atoms with Gasteiger partial charge in [-0.2, -0.15) is 0 Å². The molecule has 1 aromatic carbocycles. The van der Waals surface area contributed by atoms with Crippen LogP contribution < -0.4 is 4.74 Å². The zero-order valence-electron chi connectivity index (χ0n) is 12.4. The fourth-order valence-corrected chi connectivity index (χ4v) is 1.94. The molecule has 0 aliphatic carbocycles. The van der Waals surface area contributed by atoms with Crippen LogP contribution >= 0.6 is 0 Å². The molecule has 1 heterocycles. The minimum atomic E-state index is -0.315. The number of imide groups is 1. The predicted octanol–water partition coefficient (Wildman–Crippen LogP) is 2.54. The fraction of sp³-hybridized carbons (Fsp3) is 0.312. The van der Waals surface area contributed by atoms with Crippen molar-refractivity contribution in [1.82, 2.24) is 9.80 Å². The summed E-state index contributed by atoms with van der Waals surface area (Å²) in [5, 5.41) is 0. The van der Waals surface area contributed by atoms with Crippen LogP contribution in [0.2, 0.25) is 0 Å². The van der Waals surface area contributed by atoms with Gasteiger partial charge in [0.05, 0.1) is 19.9 Å². The summed E-state index contributed by atoms with van der Waals surface area (Å²) in [6.07, 6.45) is 1.53. The number of allylic oxidation sites excluding steroid dienone is 1. The van der Waals surface area contributed by atoms with Crippen LogP contribution in [0.1, 0.15) is 19.4 Å². The number of hydrogen-bond donors (Lipinski definition) is 0. The molecule has 1 saturated heterocycles. The summed E-state index contributed by atoms with van der Waals surface area (Å²) >= 11 is 0. The number of nitrogens with zero attached hydrogens (tertiary/aromatic N) is 2. The van der Waals surface area contributed by atoms with Crippen LogP contribution in [0.15, 0.2) is 41.8 Å². The van der Waals surface area contributed by atoms with Gasteiger partial charge in [-0.3, -0.25) is 14.6 Å². The molecule has 21 heavy (non-hydrogen) atoms. The Morgan fingerprint density at radius 3 is 2.52 bits per heavy atom. The van der Waals surface area contributed by atoms with E-state index < -0.39 is 0 Å². The zero-order chi connectivity index (χ0) is 15.4. The third kappa shape index (κ3) is 3.52. The molecule has 110 valence electrons. The topological polar surface area (TPSA) is 49.9 Å². The molecule has 0 saturated carbocycles. The molecule has 0 unspecified atom stereocenters. The predicted molar refractivity (Wildman–Crippen MR) is 78.6 cm³/mol. The first-order chi connectivity index (χ1) is 10.0. The van der Waals surface area contributed by atoms with E-state index in [-0.39, 0.29) is 25.0 Å². The summed E-state index contributed by atoms with van der Waals surface area (Å²) in [7, 11) is 1.59. The maximum Gasteiger partial charge on any atom is 0.332 e. The van der Waals surface area contributed by atoms with Crippen LogP contribution in [0, 0.1) is 0 Å². The van der Waals surface area contributed by atoms with E-state index in [9.17, 15) is 9.59 Å². The standard InChI is InChI=1S/C16H18N2O3/c1-12(2)8-9-17-11-15(19)18(16(17)20)10-13-4-6-14(21-3)7-5-13/h4-7,9H,10-11H2,1-3H3. The summed E-state index contributed by atoms with van der Waals surface area (Å²) in [5.41, 5.74) is 4.77. The number of carbonyl (C=O) groups is 2. The highest BCUT2D eigenvalue weighted by molar-refractivity contribution is 6.02. The molecule has 3 amide bonds. The van der Waals surface area contributed by atoms with E-state index in [1.807, 2.05) is 26.0 Å². The monoisotopic (exact) mass is 286 g/mol. The number of ether oxygens (including phenoxy) is 1. The van der Waals surface area contributed by atoms with Crippen molar-refractivity contribution in [3.8, 4) is 5.75 Å². The largest absolute Gasteiger partial charge is 0.497 e. The van der Waals surface area contributed by atoms with Crippen molar-refractivity contribution in [2.75, 3.05) is 13.7 Å². The lowest BCUT2D eigenvalue weighted by atomic mass is 10.2. The Kier molecular flexibility index (Phi) is 4.45. The Morgan fingerprint density at radius 1 is 1.29 bits per heavy atom. The summed E-state index contributed by atoms with van der Waals surface area (Å²) in [4.78, 5) is 26.7. The van der Waals surface area contributed by atoms with Gasteiger partial charge in [-0.25, -0.2) is 4.79 Å². The first-order valence-corrected chi connectivity index (χ1v) is 6.65. The lowest BCUT2D eigenvalue weighted by Gasteiger charge is -2.14. The van der Waals surface area contributed by atoms with Gasteiger partial charge in [0, 0.05) is 0 Å². The second-order valence-electron chi connectivity index (χ2n) is 5.01. The number of benzene rings is 1. The SMILES string of the molecule is COc1ccc(CN2C(=O)CN(C=C=C(C)C)C2=O)cc1. The van der Waals surface area contributed by atoms with E-state index in [1.165, 1.54) is 16.0 Å². The van der Waals surface area contributed by atoms with Gasteiger partial charge in [-0.05, 0) is 37.1 Å². The van der Waals surface area contributed by atoms with Crippen LogP contribution in [0.25, 0.3) is 0 Å². The Hall–Kier alpha value is -2.52. The molecular formula is C16H18N2O3. The van der Waals surface area contributed by atoms with Crippen molar-refractivity contribution < 1.29 is 14.3 Å². The highest BCUT2D eigenvalue weighted by Crippen LogP contribution is 2.17. The molecule has 2 rings (SSSR count). The van der Waals surface area contributed by atoms with E-state index in [0.29, 0.717) is 0 Å². The molecular weight excluding hydrogens is 268 g/mol. The summed E-state index contributed by atoms with van der Waals surface area (Å²) in [6.45, 7) is 4.10. The summed E-state index contributed by atoms with van der Waals surface area (Å²) in [5.74, 6) is 0.536. The molecule has 1 fully saturated rings. The molecule has 1 aliphatic rings. The van der Waals surface area contributed by atoms with Crippen molar-refractivity contribution in [2.24, 2.45) is 0 Å². The maximum absolute atomic E-state index is 12.2. The van der Waals surface area contributed by atoms with E-state index >= 15 is 0 Å². The molecule has 5 heteroatoms. The molecule has 1 aliphatic heterocycles. The van der Waals surface area contributed by atoms with Gasteiger partial charge in [0.2, 0.25) is 0 Å². The third-order valence-electron chi connectivity index (χ3n) is 3.09. The molecule has 0 radical (unpaired) electrons. The minimum Gasteiger partial charge on any atom is -0.497 e. The lowest BCUT2D eigenvalue weighted by molar-refractivity contribution is -0.125. The van der Waals surface area contributed by atoms with E-state index in [1.54, 1.807) is 19.2 Å². The molecule has 0 N–H and O–H groups in total. The Balaban J connectivity index is 2.11. The number of carbonyl (C=O) groups excluding carboxylic acids is 2. The first kappa shape index (κ1) is 14.9. The lowest BCUT2D eigenvalue weighted by Crippen LogP contribution is -2.30. The molecule has 0 bridgehead atoms. The number of urea groups is 1. The average molecular weight is 286 g/mol. The third-order valence-corrected chi connectivity index (χ3v) is 3.09. The van der Waals surface area contributed by atoms with Crippen LogP contribution in [0.5, 0.6) is 5.75 Å². The van der Waals surface area contributed by atoms with Gasteiger partial charge >= 0.3 is 6.03 Å². The quantitative estimate of drug-likeness (QED) is 0.631. The van der Waals surface area contributed by atoms with Gasteiger partial charge in [0.25, 0.3) is 5.91 Å². The van der Waals surface area contributed by atoms with Crippen molar-refractivity contribution >= 4 is 11.9 Å². The van der Waals surface area contributed by atoms with Crippen molar-refractivity contribution in [1.29, 1.82) is 0 Å². The minimum absolute atomic E-state index is 0.0648. The molecule has 0 spiro atoms. The fourth-order valence-electron chi connectivity index (χ4n) is 1.94.